The van der Waals surface area contributed by atoms with Crippen molar-refractivity contribution in [3.8, 4) is 0 Å². The fourth-order valence-corrected chi connectivity index (χ4v) is 4.77. The maximum absolute atomic E-state index is 12.7. The fraction of sp³-hybridized carbons (Fsp3) is 0.375. The van der Waals surface area contributed by atoms with Crippen LogP contribution < -0.4 is 10.2 Å². The highest BCUT2D eigenvalue weighted by molar-refractivity contribution is 7.13. The second kappa shape index (κ2) is 10.0. The number of anilines is 1. The average Bonchev–Trinajstić information content (AvgIpc) is 3.00. The van der Waals surface area contributed by atoms with Crippen LogP contribution in [0.1, 0.15) is 37.9 Å². The van der Waals surface area contributed by atoms with Gasteiger partial charge >= 0.3 is 0 Å². The largest absolute Gasteiger partial charge is 0.355 e. The van der Waals surface area contributed by atoms with Gasteiger partial charge in [-0.05, 0) is 44.1 Å². The smallest absolute Gasteiger partial charge is 0.263 e. The van der Waals surface area contributed by atoms with Gasteiger partial charge in [0.25, 0.3) is 5.91 Å². The molecule has 0 radical (unpaired) electrons. The number of amides is 1. The Bertz CT molecular complexity index is 1000. The molecule has 1 saturated heterocycles. The Morgan fingerprint density at radius 1 is 1.06 bits per heavy atom. The van der Waals surface area contributed by atoms with Gasteiger partial charge in [-0.3, -0.25) is 4.79 Å². The number of hydrogen-bond acceptors (Lipinski definition) is 6. The van der Waals surface area contributed by atoms with Crippen molar-refractivity contribution in [3.05, 3.63) is 75.4 Å². The van der Waals surface area contributed by atoms with Gasteiger partial charge in [-0.25, -0.2) is 9.97 Å². The maximum atomic E-state index is 12.7. The van der Waals surface area contributed by atoms with E-state index in [4.69, 9.17) is 0 Å². The van der Waals surface area contributed by atoms with Crippen molar-refractivity contribution < 1.29 is 4.79 Å². The van der Waals surface area contributed by atoms with Gasteiger partial charge in [0.05, 0.1) is 10.7 Å². The van der Waals surface area contributed by atoms with Gasteiger partial charge in [0.1, 0.15) is 10.7 Å². The molecule has 4 rings (SSSR count). The summed E-state index contributed by atoms with van der Waals surface area (Å²) in [6.07, 6.45) is 3.76. The summed E-state index contributed by atoms with van der Waals surface area (Å²) in [6.45, 7) is 6.57. The maximum Gasteiger partial charge on any atom is 0.263 e. The molecule has 1 amide bonds. The minimum atomic E-state index is -0.0751. The van der Waals surface area contributed by atoms with E-state index >= 15 is 0 Å². The first-order valence-corrected chi connectivity index (χ1v) is 11.6. The highest BCUT2D eigenvalue weighted by Gasteiger charge is 2.16. The van der Waals surface area contributed by atoms with Crippen molar-refractivity contribution >= 4 is 23.1 Å². The number of benzene rings is 1. The van der Waals surface area contributed by atoms with Gasteiger partial charge in [0, 0.05) is 38.8 Å². The van der Waals surface area contributed by atoms with Crippen molar-refractivity contribution in [1.82, 2.24) is 20.2 Å². The van der Waals surface area contributed by atoms with Gasteiger partial charge in [-0.1, -0.05) is 36.4 Å². The van der Waals surface area contributed by atoms with E-state index in [-0.39, 0.29) is 5.91 Å². The Labute approximate surface area is 187 Å². The molecule has 1 aromatic carbocycles. The number of aryl methyl sites for hydroxylation is 1. The predicted octanol–water partition coefficient (Wildman–Crippen LogP) is 3.51. The summed E-state index contributed by atoms with van der Waals surface area (Å²) in [4.78, 5) is 27.3. The summed E-state index contributed by atoms with van der Waals surface area (Å²) < 4.78 is 0. The average molecular weight is 436 g/mol. The SMILES string of the molecule is Cc1nc(Cc2ccccc2)sc1C(=O)NCc1ccc(N2CCCN(C)CC2)nc1. The van der Waals surface area contributed by atoms with Crippen LogP contribution in [0, 0.1) is 6.92 Å². The molecule has 1 aliphatic rings. The van der Waals surface area contributed by atoms with Crippen molar-refractivity contribution in [2.24, 2.45) is 0 Å². The molecule has 6 nitrogen and oxygen atoms in total. The van der Waals surface area contributed by atoms with E-state index in [9.17, 15) is 4.79 Å². The number of hydrogen-bond donors (Lipinski definition) is 1. The van der Waals surface area contributed by atoms with E-state index in [0.29, 0.717) is 11.4 Å². The topological polar surface area (TPSA) is 61.4 Å². The van der Waals surface area contributed by atoms with E-state index in [0.717, 1.165) is 61.1 Å². The molecule has 0 spiro atoms. The number of likely N-dealkylation sites (N-methyl/N-ethyl adjacent to an activating group) is 1. The zero-order chi connectivity index (χ0) is 21.6. The number of aromatic nitrogens is 2. The molecule has 0 atom stereocenters. The summed E-state index contributed by atoms with van der Waals surface area (Å²) in [5.74, 6) is 0.933. The third kappa shape index (κ3) is 5.68. The number of nitrogens with zero attached hydrogens (tertiary/aromatic N) is 4. The zero-order valence-electron chi connectivity index (χ0n) is 18.2. The highest BCUT2D eigenvalue weighted by atomic mass is 32.1. The predicted molar refractivity (Wildman–Crippen MR) is 126 cm³/mol. The van der Waals surface area contributed by atoms with Gasteiger partial charge in [-0.2, -0.15) is 0 Å². The van der Waals surface area contributed by atoms with Crippen LogP contribution in [-0.2, 0) is 13.0 Å². The first-order valence-electron chi connectivity index (χ1n) is 10.8. The Balaban J connectivity index is 1.33. The van der Waals surface area contributed by atoms with Crippen LogP contribution in [-0.4, -0.2) is 54.0 Å². The number of nitrogens with one attached hydrogen (secondary N) is 1. The lowest BCUT2D eigenvalue weighted by atomic mass is 10.2. The molecule has 0 aliphatic carbocycles. The highest BCUT2D eigenvalue weighted by Crippen LogP contribution is 2.21. The van der Waals surface area contributed by atoms with Crippen LogP contribution in [0.2, 0.25) is 0 Å². The minimum Gasteiger partial charge on any atom is -0.355 e. The Kier molecular flexibility index (Phi) is 6.94. The number of rotatable bonds is 6. The Morgan fingerprint density at radius 3 is 2.68 bits per heavy atom. The summed E-state index contributed by atoms with van der Waals surface area (Å²) in [5, 5.41) is 3.98. The van der Waals surface area contributed by atoms with E-state index in [2.05, 4.69) is 56.4 Å². The van der Waals surface area contributed by atoms with E-state index in [1.165, 1.54) is 16.9 Å². The van der Waals surface area contributed by atoms with E-state index < -0.39 is 0 Å². The fourth-order valence-electron chi connectivity index (χ4n) is 3.76. The number of carbonyl (C=O) groups excluding carboxylic acids is 1. The standard InChI is InChI=1S/C24H29N5OS/c1-18-23(31-22(27-18)15-19-7-4-3-5-8-19)24(30)26-17-20-9-10-21(25-16-20)29-12-6-11-28(2)13-14-29/h3-5,7-10,16H,6,11-15,17H2,1-2H3,(H,26,30). The molecule has 1 aliphatic heterocycles. The van der Waals surface area contributed by atoms with E-state index in [1.807, 2.05) is 31.3 Å². The van der Waals surface area contributed by atoms with Crippen LogP contribution in [0.3, 0.4) is 0 Å². The van der Waals surface area contributed by atoms with Crippen LogP contribution in [0.25, 0.3) is 0 Å². The normalized spacial score (nSPS) is 15.0. The molecule has 3 heterocycles. The minimum absolute atomic E-state index is 0.0751. The molecule has 7 heteroatoms. The second-order valence-electron chi connectivity index (χ2n) is 8.04. The molecule has 2 aromatic heterocycles. The summed E-state index contributed by atoms with van der Waals surface area (Å²) in [5.41, 5.74) is 2.98. The molecule has 162 valence electrons. The second-order valence-corrected chi connectivity index (χ2v) is 9.12. The number of carbonyl (C=O) groups is 1. The zero-order valence-corrected chi connectivity index (χ0v) is 19.0. The third-order valence-electron chi connectivity index (χ3n) is 5.55. The van der Waals surface area contributed by atoms with Crippen molar-refractivity contribution in [2.75, 3.05) is 38.1 Å². The van der Waals surface area contributed by atoms with Crippen molar-refractivity contribution in [1.29, 1.82) is 0 Å². The van der Waals surface area contributed by atoms with Crippen molar-refractivity contribution in [2.45, 2.75) is 26.3 Å². The first kappa shape index (κ1) is 21.5. The quantitative estimate of drug-likeness (QED) is 0.642. The molecular weight excluding hydrogens is 406 g/mol. The lowest BCUT2D eigenvalue weighted by molar-refractivity contribution is 0.0954. The van der Waals surface area contributed by atoms with Gasteiger partial charge in [0.2, 0.25) is 0 Å². The molecular formula is C24H29N5OS. The molecule has 1 N–H and O–H groups in total. The molecule has 1 fully saturated rings. The van der Waals surface area contributed by atoms with Crippen molar-refractivity contribution in [3.63, 3.8) is 0 Å². The molecule has 0 saturated carbocycles. The number of pyridine rings is 1. The summed E-state index contributed by atoms with van der Waals surface area (Å²) >= 11 is 1.47. The molecule has 31 heavy (non-hydrogen) atoms. The first-order chi connectivity index (χ1) is 15.1. The summed E-state index contributed by atoms with van der Waals surface area (Å²) in [6, 6.07) is 14.3. The molecule has 0 bridgehead atoms. The van der Waals surface area contributed by atoms with Crippen LogP contribution >= 0.6 is 11.3 Å². The van der Waals surface area contributed by atoms with E-state index in [1.54, 1.807) is 0 Å². The van der Waals surface area contributed by atoms with Gasteiger partial charge < -0.3 is 15.1 Å². The van der Waals surface area contributed by atoms with Crippen LogP contribution in [0.15, 0.2) is 48.7 Å². The Morgan fingerprint density at radius 2 is 1.90 bits per heavy atom. The monoisotopic (exact) mass is 435 g/mol. The van der Waals surface area contributed by atoms with Crippen LogP contribution in [0.4, 0.5) is 5.82 Å². The molecule has 0 unspecified atom stereocenters. The summed E-state index contributed by atoms with van der Waals surface area (Å²) in [7, 11) is 2.16. The number of thiazole rings is 1. The lowest BCUT2D eigenvalue weighted by Crippen LogP contribution is -2.29. The lowest BCUT2D eigenvalue weighted by Gasteiger charge is -2.21. The third-order valence-corrected chi connectivity index (χ3v) is 6.71. The molecule has 3 aromatic rings. The Hall–Kier alpha value is -2.77. The van der Waals surface area contributed by atoms with Crippen LogP contribution in [0.5, 0.6) is 0 Å². The van der Waals surface area contributed by atoms with Gasteiger partial charge in [-0.15, -0.1) is 11.3 Å². The van der Waals surface area contributed by atoms with Gasteiger partial charge in [0.15, 0.2) is 0 Å².